The Bertz CT molecular complexity index is 356. The van der Waals surface area contributed by atoms with Gasteiger partial charge in [-0.25, -0.2) is 26.3 Å². The Kier molecular flexibility index (Phi) is 5.92. The average molecular weight is 302 g/mol. The fourth-order valence-corrected chi connectivity index (χ4v) is 1.72. The van der Waals surface area contributed by atoms with Gasteiger partial charge in [0, 0.05) is 19.3 Å². The first-order valence-corrected chi connectivity index (χ1v) is 6.28. The highest BCUT2D eigenvalue weighted by Gasteiger charge is 2.41. The van der Waals surface area contributed by atoms with Crippen molar-refractivity contribution in [3.8, 4) is 0 Å². The molecule has 1 N–H and O–H groups in total. The largest absolute Gasteiger partial charge is 0.285 e. The number of hydrogen-bond acceptors (Lipinski definition) is 2. The smallest absolute Gasteiger partial charge is 0.276 e. The van der Waals surface area contributed by atoms with Crippen LogP contribution < -0.4 is 0 Å². The Morgan fingerprint density at radius 2 is 1.44 bits per heavy atom. The molecule has 0 heterocycles. The van der Waals surface area contributed by atoms with Crippen molar-refractivity contribution in [1.82, 2.24) is 0 Å². The highest BCUT2D eigenvalue weighted by Crippen LogP contribution is 2.33. The topological polar surface area (TPSA) is 54.4 Å². The zero-order valence-corrected chi connectivity index (χ0v) is 9.87. The lowest BCUT2D eigenvalue weighted by Crippen LogP contribution is -2.33. The number of rotatable bonds is 8. The van der Waals surface area contributed by atoms with Crippen molar-refractivity contribution >= 4 is 10.1 Å². The highest BCUT2D eigenvalue weighted by molar-refractivity contribution is 7.86. The molecule has 10 heteroatoms. The maximum Gasteiger partial charge on any atom is 0.276 e. The number of alkyl halides is 6. The quantitative estimate of drug-likeness (QED) is 0.554. The molecule has 0 aromatic carbocycles. The predicted octanol–water partition coefficient (Wildman–Crippen LogP) is 2.62. The minimum atomic E-state index is -5.02. The molecule has 0 saturated carbocycles. The van der Waals surface area contributed by atoms with Gasteiger partial charge in [-0.1, -0.05) is 0 Å². The SMILES string of the molecule is O=S(=O)(O)C(CF)CC(F)(F)CCC(F)(F)CF. The Labute approximate surface area is 99.9 Å². The van der Waals surface area contributed by atoms with Crippen molar-refractivity contribution in [1.29, 1.82) is 0 Å². The summed E-state index contributed by atoms with van der Waals surface area (Å²) >= 11 is 0. The average Bonchev–Trinajstić information content (AvgIpc) is 2.22. The van der Waals surface area contributed by atoms with Crippen LogP contribution in [-0.2, 0) is 10.1 Å². The van der Waals surface area contributed by atoms with Crippen LogP contribution in [0.15, 0.2) is 0 Å². The maximum atomic E-state index is 13.1. The van der Waals surface area contributed by atoms with Gasteiger partial charge in [-0.15, -0.1) is 0 Å². The van der Waals surface area contributed by atoms with Crippen LogP contribution in [0, 0.1) is 0 Å². The second kappa shape index (κ2) is 6.09. The summed E-state index contributed by atoms with van der Waals surface area (Å²) < 4.78 is 104. The van der Waals surface area contributed by atoms with Crippen molar-refractivity contribution < 1.29 is 39.3 Å². The summed E-state index contributed by atoms with van der Waals surface area (Å²) in [6.45, 7) is -3.89. The highest BCUT2D eigenvalue weighted by atomic mass is 32.2. The summed E-state index contributed by atoms with van der Waals surface area (Å²) in [5, 5.41) is -2.38. The van der Waals surface area contributed by atoms with E-state index in [1.807, 2.05) is 0 Å². The Morgan fingerprint density at radius 3 is 1.78 bits per heavy atom. The molecule has 0 aromatic rings. The predicted molar refractivity (Wildman–Crippen MR) is 51.0 cm³/mol. The molecule has 0 aromatic heterocycles. The van der Waals surface area contributed by atoms with Crippen molar-refractivity contribution in [3.05, 3.63) is 0 Å². The molecule has 0 bridgehead atoms. The molecule has 0 fully saturated rings. The van der Waals surface area contributed by atoms with Gasteiger partial charge < -0.3 is 0 Å². The lowest BCUT2D eigenvalue weighted by Gasteiger charge is -2.21. The van der Waals surface area contributed by atoms with Gasteiger partial charge in [0.2, 0.25) is 5.92 Å². The molecule has 0 aliphatic carbocycles. The number of halogens is 6. The summed E-state index contributed by atoms with van der Waals surface area (Å²) in [6.07, 6.45) is -4.64. The fraction of sp³-hybridized carbons (Fsp3) is 1.00. The molecule has 1 unspecified atom stereocenters. The molecule has 0 rings (SSSR count). The van der Waals surface area contributed by atoms with Crippen LogP contribution in [0.3, 0.4) is 0 Å². The zero-order chi connectivity index (χ0) is 14.6. The Hall–Kier alpha value is -0.510. The summed E-state index contributed by atoms with van der Waals surface area (Å²) in [4.78, 5) is 0. The van der Waals surface area contributed by atoms with Crippen molar-refractivity contribution in [2.45, 2.75) is 36.4 Å². The molecule has 18 heavy (non-hydrogen) atoms. The standard InChI is InChI=1S/C8H12F6O3S/c9-4-6(18(15,16)17)3-7(11,12)1-2-8(13,14)5-10/h6H,1-5H2,(H,15,16,17). The van der Waals surface area contributed by atoms with Crippen LogP contribution in [0.25, 0.3) is 0 Å². The molecule has 0 aliphatic heterocycles. The van der Waals surface area contributed by atoms with Gasteiger partial charge in [0.15, 0.2) is 6.67 Å². The molecule has 0 amide bonds. The molecule has 0 spiro atoms. The van der Waals surface area contributed by atoms with E-state index in [0.29, 0.717) is 0 Å². The Morgan fingerprint density at radius 1 is 1.00 bits per heavy atom. The molecule has 1 atom stereocenters. The Balaban J connectivity index is 4.56. The van der Waals surface area contributed by atoms with Crippen LogP contribution in [0.2, 0.25) is 0 Å². The summed E-state index contributed by atoms with van der Waals surface area (Å²) in [5.41, 5.74) is 0. The normalized spacial score (nSPS) is 15.7. The fourth-order valence-electron chi connectivity index (χ4n) is 1.11. The molecule has 110 valence electrons. The van der Waals surface area contributed by atoms with Gasteiger partial charge >= 0.3 is 0 Å². The van der Waals surface area contributed by atoms with E-state index in [-0.39, 0.29) is 0 Å². The van der Waals surface area contributed by atoms with Crippen molar-refractivity contribution in [2.24, 2.45) is 0 Å². The second-order valence-electron chi connectivity index (χ2n) is 3.84. The van der Waals surface area contributed by atoms with E-state index in [0.717, 1.165) is 0 Å². The van der Waals surface area contributed by atoms with Gasteiger partial charge in [0.05, 0.1) is 0 Å². The van der Waals surface area contributed by atoms with Gasteiger partial charge in [0.1, 0.15) is 11.9 Å². The van der Waals surface area contributed by atoms with Crippen LogP contribution in [0.5, 0.6) is 0 Å². The first kappa shape index (κ1) is 17.5. The van der Waals surface area contributed by atoms with Gasteiger partial charge in [-0.3, -0.25) is 4.55 Å². The third-order valence-corrected chi connectivity index (χ3v) is 3.31. The molecular formula is C8H12F6O3S. The lowest BCUT2D eigenvalue weighted by atomic mass is 10.0. The van der Waals surface area contributed by atoms with Crippen LogP contribution >= 0.6 is 0 Å². The lowest BCUT2D eigenvalue weighted by molar-refractivity contribution is -0.0767. The van der Waals surface area contributed by atoms with Gasteiger partial charge in [-0.05, 0) is 0 Å². The van der Waals surface area contributed by atoms with E-state index < -0.39 is 59.8 Å². The van der Waals surface area contributed by atoms with Crippen molar-refractivity contribution in [3.63, 3.8) is 0 Å². The summed E-state index contributed by atoms with van der Waals surface area (Å²) in [7, 11) is -5.02. The zero-order valence-electron chi connectivity index (χ0n) is 9.05. The second-order valence-corrected chi connectivity index (χ2v) is 5.54. The van der Waals surface area contributed by atoms with Gasteiger partial charge in [0.25, 0.3) is 16.0 Å². The maximum absolute atomic E-state index is 13.1. The number of hydrogen-bond donors (Lipinski definition) is 1. The van der Waals surface area contributed by atoms with E-state index in [1.165, 1.54) is 0 Å². The first-order valence-electron chi connectivity index (χ1n) is 4.77. The van der Waals surface area contributed by atoms with E-state index >= 15 is 0 Å². The summed E-state index contributed by atoms with van der Waals surface area (Å²) in [6, 6.07) is 0. The minimum absolute atomic E-state index is 1.50. The third-order valence-electron chi connectivity index (χ3n) is 2.17. The molecule has 0 aliphatic rings. The van der Waals surface area contributed by atoms with Crippen LogP contribution in [0.1, 0.15) is 19.3 Å². The van der Waals surface area contributed by atoms with Crippen molar-refractivity contribution in [2.75, 3.05) is 13.3 Å². The first-order chi connectivity index (χ1) is 7.93. The molecular weight excluding hydrogens is 290 g/mol. The monoisotopic (exact) mass is 302 g/mol. The molecule has 0 saturated heterocycles. The minimum Gasteiger partial charge on any atom is -0.285 e. The van der Waals surface area contributed by atoms with E-state index in [4.69, 9.17) is 4.55 Å². The third kappa shape index (κ3) is 6.43. The molecule has 3 nitrogen and oxygen atoms in total. The van der Waals surface area contributed by atoms with Gasteiger partial charge in [-0.2, -0.15) is 8.42 Å². The van der Waals surface area contributed by atoms with E-state index in [9.17, 15) is 34.8 Å². The van der Waals surface area contributed by atoms with E-state index in [1.54, 1.807) is 0 Å². The van der Waals surface area contributed by atoms with Crippen LogP contribution in [0.4, 0.5) is 26.3 Å². The van der Waals surface area contributed by atoms with E-state index in [2.05, 4.69) is 0 Å². The molecule has 0 radical (unpaired) electrons. The van der Waals surface area contributed by atoms with Crippen LogP contribution in [-0.4, -0.2) is 43.4 Å². The summed E-state index contributed by atoms with van der Waals surface area (Å²) in [5.74, 6) is -7.88.